The number of imide groups is 1. The Kier molecular flexibility index (Phi) is 26.5. The standard InChI is InChI=1S/C84H104N10O16/c1-80-34-10-36-82(3,74(101)93-75(102)83(4)37-11-35-81(2)64-50-62(96)29-23-57(64)25-31-69(81)83)68(80)30-24-56-22-28-61(49-63(56)80)90-73(100)66(52-95)92-79(106)110-53-54-18-26-60(27-19-54)89-72(99)65(16-9-40-88-78(85)105)91-77(104)84(38-12-39-84)76(103)87-42-44-108-46-48-109-47-45-107-43-41-86-70(97)32-33-71(98)94-51-59-15-6-5-13-55(59)20-21-58-14-7-8-17-67(58)94/h5-8,13-15,17-19,22-23,26-29,49-50,65-66,68-69,95-96H,9-12,16,24-25,30-48,51-53H2,1-4H3,(H,86,97)(H,87,103)(H,89,99)(H,90,100)(H,91,104)(H,92,106)(H3,85,88,105)(H,93,101,102)/t65-,66-,68+,69+,80+,81+,82-,83-/m0/s1. The van der Waals surface area contributed by atoms with E-state index in [1.54, 1.807) is 41.3 Å². The van der Waals surface area contributed by atoms with E-state index in [0.717, 1.165) is 78.3 Å². The number of aliphatic hydroxyl groups is 1. The molecule has 0 radical (unpaired) electrons. The number of aryl methyl sites for hydroxylation is 2. The van der Waals surface area contributed by atoms with E-state index in [0.29, 0.717) is 54.9 Å². The molecule has 11 rings (SSSR count). The molecule has 6 aliphatic rings. The van der Waals surface area contributed by atoms with Crippen molar-refractivity contribution in [1.29, 1.82) is 0 Å². The fraction of sp³-hybridized carbons (Fsp3) is 0.500. The molecule has 0 spiro atoms. The summed E-state index contributed by atoms with van der Waals surface area (Å²) in [4.78, 5) is 137. The highest BCUT2D eigenvalue weighted by molar-refractivity contribution is 6.08. The molecule has 0 saturated heterocycles. The topological polar surface area (TPSA) is 374 Å². The lowest BCUT2D eigenvalue weighted by Crippen LogP contribution is -2.60. The molecule has 11 amide bonds. The number of ether oxygens (including phenoxy) is 4. The van der Waals surface area contributed by atoms with Crippen LogP contribution in [0.5, 0.6) is 5.75 Å². The second-order valence-corrected chi connectivity index (χ2v) is 30.9. The number of hydrogen-bond acceptors (Lipinski definition) is 16. The molecule has 5 aromatic carbocycles. The number of alkyl carbamates (subject to hydrolysis) is 1. The van der Waals surface area contributed by atoms with Gasteiger partial charge >= 0.3 is 12.1 Å². The van der Waals surface area contributed by atoms with Gasteiger partial charge in [0.15, 0.2) is 0 Å². The van der Waals surface area contributed by atoms with Gasteiger partial charge in [0.05, 0.1) is 69.3 Å². The van der Waals surface area contributed by atoms with E-state index in [1.807, 2.05) is 86.6 Å². The lowest BCUT2D eigenvalue weighted by Gasteiger charge is -2.56. The van der Waals surface area contributed by atoms with E-state index in [2.05, 4.69) is 68.2 Å². The van der Waals surface area contributed by atoms with Crippen LogP contribution in [0.3, 0.4) is 0 Å². The van der Waals surface area contributed by atoms with Gasteiger partial charge in [-0.2, -0.15) is 0 Å². The molecule has 1 heterocycles. The second-order valence-electron chi connectivity index (χ2n) is 30.9. The van der Waals surface area contributed by atoms with Crippen LogP contribution in [0, 0.1) is 39.9 Å². The summed E-state index contributed by atoms with van der Waals surface area (Å²) in [5, 5.41) is 42.8. The van der Waals surface area contributed by atoms with Crippen LogP contribution in [0.1, 0.15) is 169 Å². The number of fused-ring (bicyclic) bond motifs is 8. The lowest BCUT2D eigenvalue weighted by molar-refractivity contribution is -0.152. The number of nitrogens with one attached hydrogen (secondary N) is 8. The van der Waals surface area contributed by atoms with Crippen LogP contribution in [-0.4, -0.2) is 148 Å². The zero-order chi connectivity index (χ0) is 78.2. The Morgan fingerprint density at radius 3 is 1.76 bits per heavy atom. The number of aliphatic hydroxyl groups excluding tert-OH is 1. The minimum atomic E-state index is -1.43. The highest BCUT2D eigenvalue weighted by Gasteiger charge is 2.59. The SMILES string of the molecule is C[C@]1(C(=O)NC(=O)[C@@]2(C)CCC[C@]3(C)c4cc(NC(=O)[C@H](CO)NC(=O)OCc5ccc(NC(=O)[C@H](CCCNC(N)=O)NC(=O)C6(C(=O)NCCOCCOCCOCCNC(=O)CCC(=O)N7Cc8ccccc8C#Cc8ccccc87)CCC6)cc5)ccc4CC[C@@H]23)CCC[C@]2(C)c3cc(O)ccc3CC[C@@H]12. The molecule has 586 valence electrons. The van der Waals surface area contributed by atoms with Crippen LogP contribution in [0.4, 0.5) is 26.7 Å². The third kappa shape index (κ3) is 18.6. The molecule has 0 unspecified atom stereocenters. The van der Waals surface area contributed by atoms with Crippen LogP contribution in [-0.2, 0) is 94.1 Å². The number of aromatic hydroxyl groups is 1. The zero-order valence-electron chi connectivity index (χ0n) is 63.3. The van der Waals surface area contributed by atoms with Gasteiger partial charge < -0.3 is 77.0 Å². The second kappa shape index (κ2) is 36.1. The Hall–Kier alpha value is -10.2. The van der Waals surface area contributed by atoms with Gasteiger partial charge in [-0.15, -0.1) is 0 Å². The summed E-state index contributed by atoms with van der Waals surface area (Å²) in [7, 11) is 0. The maximum absolute atomic E-state index is 14.8. The van der Waals surface area contributed by atoms with Crippen LogP contribution in [0.2, 0.25) is 0 Å². The Labute approximate surface area is 641 Å². The predicted octanol–water partition coefficient (Wildman–Crippen LogP) is 8.03. The van der Waals surface area contributed by atoms with Crippen LogP contribution in [0.15, 0.2) is 109 Å². The summed E-state index contributed by atoms with van der Waals surface area (Å²) >= 11 is 0. The molecule has 3 saturated carbocycles. The minimum Gasteiger partial charge on any atom is -0.508 e. The number of urea groups is 1. The Bertz CT molecular complexity index is 4310. The molecule has 1 aliphatic heterocycles. The summed E-state index contributed by atoms with van der Waals surface area (Å²) in [6.45, 7) is 9.55. The summed E-state index contributed by atoms with van der Waals surface area (Å²) in [6, 6.07) is 29.4. The Morgan fingerprint density at radius 1 is 0.564 bits per heavy atom. The van der Waals surface area contributed by atoms with Crippen molar-refractivity contribution in [3.63, 3.8) is 0 Å². The first-order valence-corrected chi connectivity index (χ1v) is 38.6. The lowest BCUT2D eigenvalue weighted by atomic mass is 9.49. The molecular formula is C84H104N10O16. The molecule has 26 heteroatoms. The van der Waals surface area contributed by atoms with E-state index < -0.39 is 76.1 Å². The van der Waals surface area contributed by atoms with Crippen molar-refractivity contribution >= 4 is 76.4 Å². The third-order valence-corrected chi connectivity index (χ3v) is 23.9. The van der Waals surface area contributed by atoms with Gasteiger partial charge in [0.25, 0.3) is 0 Å². The summed E-state index contributed by atoms with van der Waals surface area (Å²) < 4.78 is 22.3. The van der Waals surface area contributed by atoms with Crippen LogP contribution >= 0.6 is 0 Å². The van der Waals surface area contributed by atoms with E-state index >= 15 is 0 Å². The first-order chi connectivity index (χ1) is 52.9. The fourth-order valence-corrected chi connectivity index (χ4v) is 17.6. The van der Waals surface area contributed by atoms with E-state index in [9.17, 15) is 58.2 Å². The molecule has 0 aromatic heterocycles. The van der Waals surface area contributed by atoms with Crippen molar-refractivity contribution in [2.24, 2.45) is 33.8 Å². The van der Waals surface area contributed by atoms with E-state index in [-0.39, 0.29) is 151 Å². The van der Waals surface area contributed by atoms with Crippen LogP contribution < -0.4 is 53.2 Å². The van der Waals surface area contributed by atoms with Gasteiger partial charge in [-0.3, -0.25) is 43.7 Å². The first kappa shape index (κ1) is 80.8. The third-order valence-electron chi connectivity index (χ3n) is 23.9. The number of phenolic OH excluding ortho intramolecular Hbond substituents is 1. The molecular weight excluding hydrogens is 1400 g/mol. The van der Waals surface area contributed by atoms with Crippen molar-refractivity contribution in [2.45, 2.75) is 173 Å². The molecule has 26 nitrogen and oxygen atoms in total. The Balaban J connectivity index is 0.578. The molecule has 5 aliphatic carbocycles. The number of amides is 11. The number of primary amides is 1. The van der Waals surface area contributed by atoms with Crippen molar-refractivity contribution in [2.75, 3.05) is 81.4 Å². The van der Waals surface area contributed by atoms with Crippen molar-refractivity contribution in [1.82, 2.24) is 31.9 Å². The average Bonchev–Trinajstić information content (AvgIpc) is 0.720. The maximum Gasteiger partial charge on any atom is 0.408 e. The molecule has 5 aromatic rings. The number of benzene rings is 5. The number of nitrogens with two attached hydrogens (primary N) is 1. The highest BCUT2D eigenvalue weighted by atomic mass is 16.6. The Morgan fingerprint density at radius 2 is 1.13 bits per heavy atom. The molecule has 3 fully saturated rings. The summed E-state index contributed by atoms with van der Waals surface area (Å²) in [5.41, 5.74) is 10.2. The van der Waals surface area contributed by atoms with Gasteiger partial charge in [0.2, 0.25) is 47.3 Å². The predicted molar refractivity (Wildman–Crippen MR) is 411 cm³/mol. The van der Waals surface area contributed by atoms with Crippen molar-refractivity contribution in [3.8, 4) is 17.6 Å². The number of hydrogen-bond donors (Lipinski definition) is 11. The van der Waals surface area contributed by atoms with E-state index in [4.69, 9.17) is 24.7 Å². The number of para-hydroxylation sites is 1. The van der Waals surface area contributed by atoms with Gasteiger partial charge in [-0.1, -0.05) is 113 Å². The van der Waals surface area contributed by atoms with Gasteiger partial charge in [0.1, 0.15) is 29.9 Å². The van der Waals surface area contributed by atoms with Gasteiger partial charge in [-0.25, -0.2) is 9.59 Å². The van der Waals surface area contributed by atoms with Crippen LogP contribution in [0.25, 0.3) is 0 Å². The fourth-order valence-electron chi connectivity index (χ4n) is 17.6. The molecule has 110 heavy (non-hydrogen) atoms. The van der Waals surface area contributed by atoms with Crippen molar-refractivity contribution < 1.29 is 77.1 Å². The summed E-state index contributed by atoms with van der Waals surface area (Å²) in [6.07, 6.45) is 7.99. The van der Waals surface area contributed by atoms with Crippen molar-refractivity contribution in [3.05, 3.63) is 154 Å². The van der Waals surface area contributed by atoms with E-state index in [1.165, 1.54) is 5.56 Å². The average molecular weight is 1510 g/mol. The number of anilines is 3. The minimum absolute atomic E-state index is 0.0143. The largest absolute Gasteiger partial charge is 0.508 e. The number of carbonyl (C=O) groups excluding carboxylic acids is 10. The number of nitrogens with zero attached hydrogens (tertiary/aromatic N) is 1. The first-order valence-electron chi connectivity index (χ1n) is 38.6. The smallest absolute Gasteiger partial charge is 0.408 e. The number of rotatable bonds is 32. The summed E-state index contributed by atoms with van der Waals surface area (Å²) in [5.74, 6) is 3.06. The normalized spacial score (nSPS) is 22.2. The molecule has 0 bridgehead atoms. The number of carbonyl (C=O) groups is 10. The monoisotopic (exact) mass is 1510 g/mol. The highest BCUT2D eigenvalue weighted by Crippen LogP contribution is 2.60. The quantitative estimate of drug-likeness (QED) is 0.00839. The maximum atomic E-state index is 14.8. The molecule has 8 atom stereocenters. The van der Waals surface area contributed by atoms with Gasteiger partial charge in [0, 0.05) is 55.0 Å². The zero-order valence-corrected chi connectivity index (χ0v) is 63.3. The van der Waals surface area contributed by atoms with Gasteiger partial charge in [-0.05, 0) is 188 Å². The molecule has 12 N–H and O–H groups in total. The number of phenols is 1.